The molecule has 3 heterocycles. The second kappa shape index (κ2) is 7.94. The van der Waals surface area contributed by atoms with E-state index in [2.05, 4.69) is 46.3 Å². The number of aromatic nitrogens is 5. The summed E-state index contributed by atoms with van der Waals surface area (Å²) in [5, 5.41) is 9.56. The topological polar surface area (TPSA) is 79.7 Å². The number of carbonyl (C=O) groups excluding carboxylic acids is 1. The van der Waals surface area contributed by atoms with E-state index in [1.165, 1.54) is 0 Å². The zero-order valence-electron chi connectivity index (χ0n) is 18.2. The first-order valence-corrected chi connectivity index (χ1v) is 11.5. The number of benzene rings is 2. The van der Waals surface area contributed by atoms with Gasteiger partial charge >= 0.3 is 0 Å². The van der Waals surface area contributed by atoms with Gasteiger partial charge in [-0.1, -0.05) is 53.4 Å². The molecule has 1 aliphatic heterocycles. The molecule has 0 saturated carbocycles. The molecule has 0 spiro atoms. The Morgan fingerprint density at radius 3 is 2.72 bits per heavy atom. The minimum atomic E-state index is -0.421. The first-order chi connectivity index (χ1) is 15.4. The number of imidazole rings is 1. The van der Waals surface area contributed by atoms with Crippen molar-refractivity contribution in [2.24, 2.45) is 0 Å². The summed E-state index contributed by atoms with van der Waals surface area (Å²) in [7, 11) is 0. The van der Waals surface area contributed by atoms with Gasteiger partial charge in [-0.15, -0.1) is 5.10 Å². The predicted molar refractivity (Wildman–Crippen MR) is 127 cm³/mol. The summed E-state index contributed by atoms with van der Waals surface area (Å²) < 4.78 is 1.86. The number of anilines is 1. The number of fused-ring (bicyclic) bond motifs is 2. The summed E-state index contributed by atoms with van der Waals surface area (Å²) in [5.74, 6) is 0.711. The first-order valence-electron chi connectivity index (χ1n) is 10.5. The van der Waals surface area contributed by atoms with Crippen molar-refractivity contribution in [3.8, 4) is 0 Å². The zero-order chi connectivity index (χ0) is 22.3. The molecule has 0 unspecified atom stereocenters. The highest BCUT2D eigenvalue weighted by Crippen LogP contribution is 2.39. The van der Waals surface area contributed by atoms with Crippen LogP contribution in [-0.4, -0.2) is 36.4 Å². The smallest absolute Gasteiger partial charge is 0.224 e. The Hall–Kier alpha value is -3.39. The Labute approximate surface area is 190 Å². The Balaban J connectivity index is 1.34. The van der Waals surface area contributed by atoms with Crippen LogP contribution in [0.2, 0.25) is 0 Å². The van der Waals surface area contributed by atoms with Crippen LogP contribution in [0.5, 0.6) is 0 Å². The fraction of sp³-hybridized carbons (Fsp3) is 0.250. The number of allylic oxidation sites excluding steroid dienone is 1. The predicted octanol–water partition coefficient (Wildman–Crippen LogP) is 4.68. The summed E-state index contributed by atoms with van der Waals surface area (Å²) >= 11 is 1.61. The highest BCUT2D eigenvalue weighted by Gasteiger charge is 2.34. The van der Waals surface area contributed by atoms with E-state index in [0.29, 0.717) is 12.3 Å². The Kier molecular flexibility index (Phi) is 5.09. The van der Waals surface area contributed by atoms with Crippen molar-refractivity contribution in [1.29, 1.82) is 0 Å². The second-order valence-electron chi connectivity index (χ2n) is 8.45. The van der Waals surface area contributed by atoms with Crippen molar-refractivity contribution in [3.63, 3.8) is 0 Å². The summed E-state index contributed by atoms with van der Waals surface area (Å²) in [5.41, 5.74) is 5.58. The molecular weight excluding hydrogens is 420 g/mol. The molecule has 0 aliphatic carbocycles. The van der Waals surface area contributed by atoms with Crippen molar-refractivity contribution in [2.45, 2.75) is 43.8 Å². The van der Waals surface area contributed by atoms with E-state index < -0.39 is 5.54 Å². The molecule has 2 aromatic heterocycles. The lowest BCUT2D eigenvalue weighted by molar-refractivity contribution is -0.117. The molecule has 5 rings (SSSR count). The number of para-hydroxylation sites is 3. The van der Waals surface area contributed by atoms with Crippen LogP contribution in [0, 0.1) is 0 Å². The van der Waals surface area contributed by atoms with E-state index in [4.69, 9.17) is 0 Å². The number of carbonyl (C=O) groups is 1. The van der Waals surface area contributed by atoms with Gasteiger partial charge in [0.2, 0.25) is 5.91 Å². The minimum Gasteiger partial charge on any atom is -0.333 e. The zero-order valence-corrected chi connectivity index (χ0v) is 19.1. The van der Waals surface area contributed by atoms with Crippen molar-refractivity contribution in [2.75, 3.05) is 4.90 Å². The molecule has 1 amide bonds. The molecule has 1 aliphatic rings. The second-order valence-corrected chi connectivity index (χ2v) is 9.41. The van der Waals surface area contributed by atoms with Gasteiger partial charge in [0.1, 0.15) is 0 Å². The summed E-state index contributed by atoms with van der Waals surface area (Å²) in [6.07, 6.45) is 4.13. The quantitative estimate of drug-likeness (QED) is 0.452. The number of thioether (sulfide) groups is 1. The lowest BCUT2D eigenvalue weighted by atomic mass is 9.88. The van der Waals surface area contributed by atoms with E-state index in [9.17, 15) is 4.79 Å². The van der Waals surface area contributed by atoms with Gasteiger partial charge in [0.15, 0.2) is 5.16 Å². The molecule has 2 aromatic carbocycles. The molecule has 0 atom stereocenters. The van der Waals surface area contributed by atoms with Crippen LogP contribution in [0.25, 0.3) is 16.6 Å². The van der Waals surface area contributed by atoms with Gasteiger partial charge in [0.05, 0.1) is 34.5 Å². The van der Waals surface area contributed by atoms with Crippen molar-refractivity contribution >= 4 is 40.0 Å². The number of hydrogen-bond acceptors (Lipinski definition) is 5. The molecule has 0 saturated heterocycles. The minimum absolute atomic E-state index is 0.0309. The fourth-order valence-electron chi connectivity index (χ4n) is 4.32. The molecule has 0 bridgehead atoms. The lowest BCUT2D eigenvalue weighted by Gasteiger charge is -2.41. The van der Waals surface area contributed by atoms with Crippen LogP contribution in [0.3, 0.4) is 0 Å². The molecule has 1 N–H and O–H groups in total. The lowest BCUT2D eigenvalue weighted by Crippen LogP contribution is -2.48. The summed E-state index contributed by atoms with van der Waals surface area (Å²) in [6.45, 7) is 6.32. The van der Waals surface area contributed by atoms with Crippen LogP contribution in [0.4, 0.5) is 5.69 Å². The van der Waals surface area contributed by atoms with E-state index >= 15 is 0 Å². The third-order valence-corrected chi connectivity index (χ3v) is 6.46. The highest BCUT2D eigenvalue weighted by atomic mass is 32.2. The Bertz CT molecular complexity index is 1300. The van der Waals surface area contributed by atoms with E-state index in [1.54, 1.807) is 18.7 Å². The van der Waals surface area contributed by atoms with Crippen molar-refractivity contribution in [1.82, 2.24) is 25.0 Å². The molecule has 0 radical (unpaired) electrons. The molecule has 32 heavy (non-hydrogen) atoms. The van der Waals surface area contributed by atoms with Crippen LogP contribution < -0.4 is 4.90 Å². The van der Waals surface area contributed by atoms with Gasteiger partial charge in [-0.2, -0.15) is 0 Å². The number of H-pyrrole nitrogens is 1. The maximum absolute atomic E-state index is 12.4. The largest absolute Gasteiger partial charge is 0.333 e. The number of aromatic amines is 1. The van der Waals surface area contributed by atoms with Gasteiger partial charge in [0, 0.05) is 24.4 Å². The van der Waals surface area contributed by atoms with Gasteiger partial charge < -0.3 is 9.88 Å². The maximum Gasteiger partial charge on any atom is 0.224 e. The standard InChI is InChI=1S/C24H24N6OS/c1-16(31)30-22-11-7-4-8-19(22)17(12-24(30,2)3)13-29-14-18(27-28-29)15-32-23-25-20-9-5-6-10-21(20)26-23/h4-12,14H,13,15H2,1-3H3,(H,25,26). The van der Waals surface area contributed by atoms with Gasteiger partial charge in [-0.05, 0) is 37.6 Å². The molecule has 162 valence electrons. The van der Waals surface area contributed by atoms with Crippen LogP contribution in [0.15, 0.2) is 66.0 Å². The maximum atomic E-state index is 12.4. The number of hydrogen-bond donors (Lipinski definition) is 1. The molecule has 7 nitrogen and oxygen atoms in total. The number of nitrogens with one attached hydrogen (secondary N) is 1. The first kappa shape index (κ1) is 20.5. The van der Waals surface area contributed by atoms with Crippen LogP contribution >= 0.6 is 11.8 Å². The summed E-state index contributed by atoms with van der Waals surface area (Å²) in [6, 6.07) is 16.0. The highest BCUT2D eigenvalue weighted by molar-refractivity contribution is 7.98. The molecular formula is C24H24N6OS. The number of nitrogens with zero attached hydrogens (tertiary/aromatic N) is 5. The monoisotopic (exact) mass is 444 g/mol. The fourth-order valence-corrected chi connectivity index (χ4v) is 5.08. The summed E-state index contributed by atoms with van der Waals surface area (Å²) in [4.78, 5) is 22.1. The average molecular weight is 445 g/mol. The van der Waals surface area contributed by atoms with Gasteiger partial charge in [-0.3, -0.25) is 4.79 Å². The van der Waals surface area contributed by atoms with E-state index in [-0.39, 0.29) is 5.91 Å². The molecule has 8 heteroatoms. The normalized spacial score (nSPS) is 15.0. The van der Waals surface area contributed by atoms with Gasteiger partial charge in [-0.25, -0.2) is 9.67 Å². The van der Waals surface area contributed by atoms with Crippen molar-refractivity contribution in [3.05, 3.63) is 72.1 Å². The third-order valence-electron chi connectivity index (χ3n) is 5.55. The number of amides is 1. The van der Waals surface area contributed by atoms with E-state index in [0.717, 1.165) is 38.7 Å². The third kappa shape index (κ3) is 3.82. The Morgan fingerprint density at radius 2 is 1.91 bits per heavy atom. The average Bonchev–Trinajstić information content (AvgIpc) is 3.37. The van der Waals surface area contributed by atoms with Crippen LogP contribution in [-0.2, 0) is 17.1 Å². The van der Waals surface area contributed by atoms with E-state index in [1.807, 2.05) is 58.2 Å². The number of rotatable bonds is 5. The SMILES string of the molecule is CC(=O)N1c2ccccc2C(Cn2cc(CSc3nc4ccccc4[nH]3)nn2)=CC1(C)C. The van der Waals surface area contributed by atoms with Gasteiger partial charge in [0.25, 0.3) is 0 Å². The van der Waals surface area contributed by atoms with Crippen molar-refractivity contribution < 1.29 is 4.79 Å². The molecule has 0 fully saturated rings. The Morgan fingerprint density at radius 1 is 1.12 bits per heavy atom. The van der Waals surface area contributed by atoms with Crippen LogP contribution in [0.1, 0.15) is 32.0 Å². The molecule has 4 aromatic rings.